The predicted molar refractivity (Wildman–Crippen MR) is 63.3 cm³/mol. The summed E-state index contributed by atoms with van der Waals surface area (Å²) < 4.78 is 10.6. The minimum absolute atomic E-state index is 0.116. The molecule has 0 aliphatic rings. The lowest BCUT2D eigenvalue weighted by Gasteiger charge is -2.25. The van der Waals surface area contributed by atoms with Gasteiger partial charge in [-0.2, -0.15) is 0 Å². The third kappa shape index (κ3) is 3.01. The number of likely N-dealkylation sites (N-methyl/N-ethyl adjacent to an activating group) is 1. The van der Waals surface area contributed by atoms with Gasteiger partial charge in [-0.15, -0.1) is 11.3 Å². The lowest BCUT2D eigenvalue weighted by atomic mass is 10.1. The Morgan fingerprint density at radius 3 is 2.47 bits per heavy atom. The highest BCUT2D eigenvalue weighted by molar-refractivity contribution is 7.10. The van der Waals surface area contributed by atoms with Gasteiger partial charge < -0.3 is 14.8 Å². The van der Waals surface area contributed by atoms with Crippen LogP contribution in [0.1, 0.15) is 23.4 Å². The molecule has 0 aromatic carbocycles. The van der Waals surface area contributed by atoms with Gasteiger partial charge in [0.25, 0.3) is 0 Å². The molecule has 1 rings (SSSR count). The van der Waals surface area contributed by atoms with E-state index in [1.54, 1.807) is 25.6 Å². The van der Waals surface area contributed by atoms with Gasteiger partial charge in [-0.3, -0.25) is 0 Å². The van der Waals surface area contributed by atoms with Gasteiger partial charge in [-0.05, 0) is 30.5 Å². The Labute approximate surface area is 95.4 Å². The molecule has 4 heteroatoms. The van der Waals surface area contributed by atoms with Crippen molar-refractivity contribution < 1.29 is 9.47 Å². The fourth-order valence-electron chi connectivity index (χ4n) is 1.60. The van der Waals surface area contributed by atoms with Crippen LogP contribution >= 0.6 is 11.3 Å². The van der Waals surface area contributed by atoms with Crippen molar-refractivity contribution >= 4 is 11.3 Å². The Morgan fingerprint density at radius 2 is 2.07 bits per heavy atom. The van der Waals surface area contributed by atoms with Gasteiger partial charge in [0.1, 0.15) is 0 Å². The zero-order chi connectivity index (χ0) is 11.3. The number of ether oxygens (including phenoxy) is 2. The van der Waals surface area contributed by atoms with Crippen molar-refractivity contribution in [1.29, 1.82) is 0 Å². The molecule has 0 aliphatic carbocycles. The van der Waals surface area contributed by atoms with Crippen molar-refractivity contribution in [2.75, 3.05) is 20.8 Å². The first-order valence-electron chi connectivity index (χ1n) is 5.07. The standard InChI is InChI=1S/C11H19NO2S/c1-5-12-9(11(13-3)14-4)10-8(2)6-7-15-10/h6-7,9,11-12H,5H2,1-4H3. The highest BCUT2D eigenvalue weighted by Gasteiger charge is 2.24. The molecule has 0 aliphatic heterocycles. The summed E-state index contributed by atoms with van der Waals surface area (Å²) in [5.41, 5.74) is 1.28. The van der Waals surface area contributed by atoms with E-state index in [0.717, 1.165) is 6.54 Å². The number of hydrogen-bond acceptors (Lipinski definition) is 4. The molecule has 1 N–H and O–H groups in total. The molecule has 0 radical (unpaired) electrons. The fraction of sp³-hybridized carbons (Fsp3) is 0.636. The monoisotopic (exact) mass is 229 g/mol. The SMILES string of the molecule is CCNC(c1sccc1C)C(OC)OC. The van der Waals surface area contributed by atoms with Gasteiger partial charge in [0, 0.05) is 19.1 Å². The molecule has 0 spiro atoms. The Kier molecular flexibility index (Phi) is 5.25. The van der Waals surface area contributed by atoms with Crippen LogP contribution in [0, 0.1) is 6.92 Å². The summed E-state index contributed by atoms with van der Waals surface area (Å²) in [5.74, 6) is 0. The average molecular weight is 229 g/mol. The Bertz CT molecular complexity index is 284. The number of nitrogens with one attached hydrogen (secondary N) is 1. The van der Waals surface area contributed by atoms with Crippen LogP contribution in [0.5, 0.6) is 0 Å². The lowest BCUT2D eigenvalue weighted by molar-refractivity contribution is -0.123. The molecule has 15 heavy (non-hydrogen) atoms. The summed E-state index contributed by atoms with van der Waals surface area (Å²) in [6.07, 6.45) is -0.234. The van der Waals surface area contributed by atoms with E-state index in [1.165, 1.54) is 10.4 Å². The summed E-state index contributed by atoms with van der Waals surface area (Å²) in [6, 6.07) is 2.23. The van der Waals surface area contributed by atoms with Gasteiger partial charge in [0.2, 0.25) is 0 Å². The number of aryl methyl sites for hydroxylation is 1. The van der Waals surface area contributed by atoms with Crippen LogP contribution in [0.3, 0.4) is 0 Å². The Hall–Kier alpha value is -0.420. The second kappa shape index (κ2) is 6.23. The Balaban J connectivity index is 2.86. The summed E-state index contributed by atoms with van der Waals surface area (Å²) in [4.78, 5) is 1.28. The van der Waals surface area contributed by atoms with E-state index in [1.807, 2.05) is 0 Å². The maximum absolute atomic E-state index is 5.31. The van der Waals surface area contributed by atoms with Crippen LogP contribution in [0.4, 0.5) is 0 Å². The van der Waals surface area contributed by atoms with Gasteiger partial charge >= 0.3 is 0 Å². The van der Waals surface area contributed by atoms with Crippen molar-refractivity contribution in [3.63, 3.8) is 0 Å². The first-order chi connectivity index (χ1) is 7.24. The molecule has 0 saturated heterocycles. The molecule has 1 heterocycles. The average Bonchev–Trinajstić information content (AvgIpc) is 2.65. The number of hydrogen-bond donors (Lipinski definition) is 1. The van der Waals surface area contributed by atoms with Crippen LogP contribution in [0.2, 0.25) is 0 Å². The van der Waals surface area contributed by atoms with Gasteiger partial charge in [0.15, 0.2) is 6.29 Å². The molecule has 0 bridgehead atoms. The summed E-state index contributed by atoms with van der Waals surface area (Å²) in [5, 5.41) is 5.48. The van der Waals surface area contributed by atoms with Crippen molar-refractivity contribution in [3.8, 4) is 0 Å². The molecule has 3 nitrogen and oxygen atoms in total. The van der Waals surface area contributed by atoms with E-state index in [0.29, 0.717) is 0 Å². The lowest BCUT2D eigenvalue weighted by Crippen LogP contribution is -2.34. The van der Waals surface area contributed by atoms with E-state index in [2.05, 4.69) is 30.6 Å². The molecule has 1 aromatic rings. The zero-order valence-corrected chi connectivity index (χ0v) is 10.6. The predicted octanol–water partition coefficient (Wildman–Crippen LogP) is 2.33. The largest absolute Gasteiger partial charge is 0.354 e. The first-order valence-corrected chi connectivity index (χ1v) is 5.95. The van der Waals surface area contributed by atoms with Crippen LogP contribution < -0.4 is 5.32 Å². The molecular weight excluding hydrogens is 210 g/mol. The molecule has 0 saturated carbocycles. The second-order valence-corrected chi connectivity index (χ2v) is 4.29. The van der Waals surface area contributed by atoms with Gasteiger partial charge in [0.05, 0.1) is 6.04 Å². The van der Waals surface area contributed by atoms with Crippen molar-refractivity contribution in [2.24, 2.45) is 0 Å². The first kappa shape index (κ1) is 12.6. The second-order valence-electron chi connectivity index (χ2n) is 3.34. The zero-order valence-electron chi connectivity index (χ0n) is 9.74. The smallest absolute Gasteiger partial charge is 0.177 e. The summed E-state index contributed by atoms with van der Waals surface area (Å²) in [6.45, 7) is 5.09. The third-order valence-corrected chi connectivity index (χ3v) is 3.45. The molecule has 1 aromatic heterocycles. The van der Waals surface area contributed by atoms with E-state index in [9.17, 15) is 0 Å². The number of rotatable bonds is 6. The molecule has 0 fully saturated rings. The van der Waals surface area contributed by atoms with Crippen LogP contribution in [-0.4, -0.2) is 27.1 Å². The van der Waals surface area contributed by atoms with Crippen LogP contribution in [0.15, 0.2) is 11.4 Å². The van der Waals surface area contributed by atoms with Crippen molar-refractivity contribution in [1.82, 2.24) is 5.32 Å². The fourth-order valence-corrected chi connectivity index (χ4v) is 2.62. The minimum atomic E-state index is -0.234. The van der Waals surface area contributed by atoms with Crippen LogP contribution in [-0.2, 0) is 9.47 Å². The maximum atomic E-state index is 5.31. The summed E-state index contributed by atoms with van der Waals surface area (Å²) >= 11 is 1.73. The van der Waals surface area contributed by atoms with Crippen molar-refractivity contribution in [3.05, 3.63) is 21.9 Å². The van der Waals surface area contributed by atoms with Crippen molar-refractivity contribution in [2.45, 2.75) is 26.2 Å². The normalized spacial score (nSPS) is 13.4. The molecule has 1 unspecified atom stereocenters. The van der Waals surface area contributed by atoms with E-state index in [4.69, 9.17) is 9.47 Å². The highest BCUT2D eigenvalue weighted by Crippen LogP contribution is 2.27. The molecule has 1 atom stereocenters. The molecule has 86 valence electrons. The minimum Gasteiger partial charge on any atom is -0.354 e. The number of thiophene rings is 1. The quantitative estimate of drug-likeness (QED) is 0.759. The maximum Gasteiger partial charge on any atom is 0.177 e. The van der Waals surface area contributed by atoms with E-state index >= 15 is 0 Å². The van der Waals surface area contributed by atoms with Gasteiger partial charge in [-0.25, -0.2) is 0 Å². The third-order valence-electron chi connectivity index (χ3n) is 2.34. The summed E-state index contributed by atoms with van der Waals surface area (Å²) in [7, 11) is 3.34. The Morgan fingerprint density at radius 1 is 1.40 bits per heavy atom. The van der Waals surface area contributed by atoms with E-state index in [-0.39, 0.29) is 12.3 Å². The molecular formula is C11H19NO2S. The topological polar surface area (TPSA) is 30.5 Å². The number of methoxy groups -OCH3 is 2. The highest BCUT2D eigenvalue weighted by atomic mass is 32.1. The molecule has 0 amide bonds. The van der Waals surface area contributed by atoms with E-state index < -0.39 is 0 Å². The van der Waals surface area contributed by atoms with Crippen LogP contribution in [0.25, 0.3) is 0 Å². The van der Waals surface area contributed by atoms with Gasteiger partial charge in [-0.1, -0.05) is 6.92 Å².